The summed E-state index contributed by atoms with van der Waals surface area (Å²) in [6.45, 7) is 0. The van der Waals surface area contributed by atoms with Crippen molar-refractivity contribution in [2.75, 3.05) is 11.1 Å². The quantitative estimate of drug-likeness (QED) is 0.488. The average molecular weight is 369 g/mol. The number of aromatic nitrogens is 4. The highest BCUT2D eigenvalue weighted by molar-refractivity contribution is 5.65. The maximum absolute atomic E-state index is 8.91. The minimum Gasteiger partial charge on any atom is -0.457 e. The molecule has 3 aromatic heterocycles. The predicted octanol–water partition coefficient (Wildman–Crippen LogP) is 3.86. The predicted molar refractivity (Wildman–Crippen MR) is 105 cm³/mol. The summed E-state index contributed by atoms with van der Waals surface area (Å²) in [6.07, 6.45) is 3.35. The highest BCUT2D eigenvalue weighted by atomic mass is 16.5. The fourth-order valence-corrected chi connectivity index (χ4v) is 2.58. The van der Waals surface area contributed by atoms with Crippen LogP contribution in [0.4, 0.5) is 17.5 Å². The molecule has 0 bridgehead atoms. The molecule has 4 N–H and O–H groups in total. The normalized spacial score (nSPS) is 10.2. The molecule has 0 aliphatic carbocycles. The van der Waals surface area contributed by atoms with E-state index in [0.717, 1.165) is 11.4 Å². The molecule has 0 saturated heterocycles. The summed E-state index contributed by atoms with van der Waals surface area (Å²) >= 11 is 0. The van der Waals surface area contributed by atoms with E-state index in [-0.39, 0.29) is 5.95 Å². The second kappa shape index (κ2) is 7.47. The Kier molecular flexibility index (Phi) is 4.55. The van der Waals surface area contributed by atoms with Gasteiger partial charge in [0.2, 0.25) is 5.95 Å². The third-order valence-electron chi connectivity index (χ3n) is 3.83. The van der Waals surface area contributed by atoms with Gasteiger partial charge in [0.1, 0.15) is 29.1 Å². The number of nitrogens with two attached hydrogens (primary N) is 1. The molecule has 136 valence electrons. The largest absolute Gasteiger partial charge is 0.457 e. The average Bonchev–Trinajstić information content (AvgIpc) is 3.24. The summed E-state index contributed by atoms with van der Waals surface area (Å²) in [4.78, 5) is 15.5. The number of anilines is 3. The molecule has 0 aliphatic heterocycles. The number of benzene rings is 1. The maximum Gasteiger partial charge on any atom is 0.222 e. The Hall–Kier alpha value is -4.38. The van der Waals surface area contributed by atoms with E-state index >= 15 is 0 Å². The van der Waals surface area contributed by atoms with Gasteiger partial charge >= 0.3 is 0 Å². The van der Waals surface area contributed by atoms with Crippen molar-refractivity contribution < 1.29 is 4.74 Å². The molecule has 4 rings (SSSR count). The highest BCUT2D eigenvalue weighted by Gasteiger charge is 2.06. The van der Waals surface area contributed by atoms with Crippen molar-refractivity contribution in [2.24, 2.45) is 0 Å². The van der Waals surface area contributed by atoms with E-state index in [0.29, 0.717) is 28.7 Å². The lowest BCUT2D eigenvalue weighted by atomic mass is 10.2. The lowest BCUT2D eigenvalue weighted by molar-refractivity contribution is 0.482. The van der Waals surface area contributed by atoms with Crippen LogP contribution in [0.3, 0.4) is 0 Å². The molecule has 8 nitrogen and oxygen atoms in total. The molecule has 0 unspecified atom stereocenters. The minimum absolute atomic E-state index is 0.181. The van der Waals surface area contributed by atoms with E-state index in [4.69, 9.17) is 15.7 Å². The van der Waals surface area contributed by atoms with Gasteiger partial charge in [0.15, 0.2) is 0 Å². The van der Waals surface area contributed by atoms with Gasteiger partial charge in [-0.2, -0.15) is 10.2 Å². The minimum atomic E-state index is 0.181. The van der Waals surface area contributed by atoms with Crippen molar-refractivity contribution in [1.29, 1.82) is 5.26 Å². The lowest BCUT2D eigenvalue weighted by Gasteiger charge is -2.10. The molecule has 4 aromatic rings. The van der Waals surface area contributed by atoms with Gasteiger partial charge in [-0.25, -0.2) is 9.97 Å². The Balaban J connectivity index is 1.50. The third kappa shape index (κ3) is 3.89. The van der Waals surface area contributed by atoms with Gasteiger partial charge < -0.3 is 20.8 Å². The molecular weight excluding hydrogens is 354 g/mol. The van der Waals surface area contributed by atoms with Gasteiger partial charge in [0.05, 0.1) is 11.4 Å². The number of H-pyrrole nitrogens is 1. The Labute approximate surface area is 160 Å². The van der Waals surface area contributed by atoms with E-state index in [1.54, 1.807) is 12.1 Å². The standard InChI is InChI=1S/C20H15N7O/c21-12-14-10-16(7-9-23-14)28-15-5-3-13(4-6-15)25-19-11-18(26-20(22)27-19)17-2-1-8-24-17/h1-11,24H,(H3,22,25,26,27). The summed E-state index contributed by atoms with van der Waals surface area (Å²) in [5.74, 6) is 1.94. The molecule has 0 atom stereocenters. The van der Waals surface area contributed by atoms with Crippen molar-refractivity contribution in [1.82, 2.24) is 19.9 Å². The van der Waals surface area contributed by atoms with Crippen molar-refractivity contribution in [2.45, 2.75) is 0 Å². The number of ether oxygens (including phenoxy) is 1. The molecule has 0 fully saturated rings. The maximum atomic E-state index is 8.91. The molecule has 3 heterocycles. The smallest absolute Gasteiger partial charge is 0.222 e. The van der Waals surface area contributed by atoms with Crippen LogP contribution in [0.5, 0.6) is 11.5 Å². The number of nitriles is 1. The molecule has 28 heavy (non-hydrogen) atoms. The molecule has 0 spiro atoms. The Morgan fingerprint density at radius 3 is 2.64 bits per heavy atom. The van der Waals surface area contributed by atoms with Gasteiger partial charge in [-0.05, 0) is 42.5 Å². The number of rotatable bonds is 5. The second-order valence-electron chi connectivity index (χ2n) is 5.82. The SMILES string of the molecule is N#Cc1cc(Oc2ccc(Nc3cc(-c4ccc[nH]4)nc(N)n3)cc2)ccn1. The first-order valence-electron chi connectivity index (χ1n) is 8.39. The van der Waals surface area contributed by atoms with Crippen LogP contribution in [-0.4, -0.2) is 19.9 Å². The van der Waals surface area contributed by atoms with Gasteiger partial charge in [-0.1, -0.05) is 0 Å². The number of nitrogen functional groups attached to an aromatic ring is 1. The Morgan fingerprint density at radius 2 is 1.89 bits per heavy atom. The van der Waals surface area contributed by atoms with Crippen molar-refractivity contribution in [3.63, 3.8) is 0 Å². The van der Waals surface area contributed by atoms with Gasteiger partial charge in [0, 0.05) is 30.2 Å². The summed E-state index contributed by atoms with van der Waals surface area (Å²) in [6, 6.07) is 18.2. The molecular formula is C20H15N7O. The van der Waals surface area contributed by atoms with E-state index in [2.05, 4.69) is 25.3 Å². The summed E-state index contributed by atoms with van der Waals surface area (Å²) in [5, 5.41) is 12.1. The molecule has 0 amide bonds. The van der Waals surface area contributed by atoms with Crippen molar-refractivity contribution in [3.8, 4) is 29.0 Å². The molecule has 8 heteroatoms. The van der Waals surface area contributed by atoms with Crippen LogP contribution in [0.15, 0.2) is 67.0 Å². The number of nitrogens with one attached hydrogen (secondary N) is 2. The van der Waals surface area contributed by atoms with E-state index in [9.17, 15) is 0 Å². The molecule has 0 aliphatic rings. The second-order valence-corrected chi connectivity index (χ2v) is 5.82. The summed E-state index contributed by atoms with van der Waals surface area (Å²) < 4.78 is 5.74. The number of hydrogen-bond donors (Lipinski definition) is 3. The Morgan fingerprint density at radius 1 is 1.04 bits per heavy atom. The van der Waals surface area contributed by atoms with Crippen LogP contribution in [0.2, 0.25) is 0 Å². The zero-order valence-corrected chi connectivity index (χ0v) is 14.6. The zero-order chi connectivity index (χ0) is 19.3. The van der Waals surface area contributed by atoms with Gasteiger partial charge in [-0.3, -0.25) is 0 Å². The molecule has 1 aromatic carbocycles. The highest BCUT2D eigenvalue weighted by Crippen LogP contribution is 2.25. The first-order chi connectivity index (χ1) is 13.7. The molecule has 0 radical (unpaired) electrons. The first kappa shape index (κ1) is 17.1. The van der Waals surface area contributed by atoms with Crippen molar-refractivity contribution >= 4 is 17.5 Å². The summed E-state index contributed by atoms with van der Waals surface area (Å²) in [5.41, 5.74) is 8.50. The van der Waals surface area contributed by atoms with Crippen LogP contribution in [-0.2, 0) is 0 Å². The number of nitrogens with zero attached hydrogens (tertiary/aromatic N) is 4. The van der Waals surface area contributed by atoms with Crippen LogP contribution in [0, 0.1) is 11.3 Å². The van der Waals surface area contributed by atoms with Crippen LogP contribution in [0.25, 0.3) is 11.4 Å². The number of aromatic amines is 1. The third-order valence-corrected chi connectivity index (χ3v) is 3.83. The fraction of sp³-hybridized carbons (Fsp3) is 0. The number of hydrogen-bond acceptors (Lipinski definition) is 7. The van der Waals surface area contributed by atoms with Crippen molar-refractivity contribution in [3.05, 3.63) is 72.7 Å². The topological polar surface area (TPSA) is 126 Å². The summed E-state index contributed by atoms with van der Waals surface area (Å²) in [7, 11) is 0. The van der Waals surface area contributed by atoms with Gasteiger partial charge in [0.25, 0.3) is 0 Å². The van der Waals surface area contributed by atoms with Crippen LogP contribution < -0.4 is 15.8 Å². The van der Waals surface area contributed by atoms with Gasteiger partial charge in [-0.15, -0.1) is 0 Å². The van der Waals surface area contributed by atoms with E-state index in [1.807, 2.05) is 54.7 Å². The zero-order valence-electron chi connectivity index (χ0n) is 14.6. The monoisotopic (exact) mass is 369 g/mol. The van der Waals surface area contributed by atoms with E-state index in [1.165, 1.54) is 6.20 Å². The Bertz CT molecular complexity index is 1130. The van der Waals surface area contributed by atoms with Crippen LogP contribution in [0.1, 0.15) is 5.69 Å². The lowest BCUT2D eigenvalue weighted by Crippen LogP contribution is -2.01. The number of pyridine rings is 1. The first-order valence-corrected chi connectivity index (χ1v) is 8.39. The fourth-order valence-electron chi connectivity index (χ4n) is 2.58. The van der Waals surface area contributed by atoms with E-state index < -0.39 is 0 Å². The van der Waals surface area contributed by atoms with Crippen LogP contribution >= 0.6 is 0 Å². The molecule has 0 saturated carbocycles.